The molecule has 6 nitrogen and oxygen atoms in total. The summed E-state index contributed by atoms with van der Waals surface area (Å²) in [6.45, 7) is 2.35. The fourth-order valence-electron chi connectivity index (χ4n) is 4.03. The zero-order valence-corrected chi connectivity index (χ0v) is 17.2. The molecule has 3 heterocycles. The summed E-state index contributed by atoms with van der Waals surface area (Å²) in [5.74, 6) is 1.50. The third-order valence-corrected chi connectivity index (χ3v) is 5.85. The minimum atomic E-state index is 0.0114. The maximum absolute atomic E-state index is 13.3. The second-order valence-electron chi connectivity index (χ2n) is 7.60. The molecule has 7 heteroatoms. The second-order valence-corrected chi connectivity index (χ2v) is 8.04. The van der Waals surface area contributed by atoms with Gasteiger partial charge in [-0.25, -0.2) is 0 Å². The molecule has 2 aliphatic rings. The highest BCUT2D eigenvalue weighted by molar-refractivity contribution is 6.31. The third-order valence-electron chi connectivity index (χ3n) is 5.61. The topological polar surface area (TPSA) is 63.7 Å². The average molecular weight is 424 g/mol. The van der Waals surface area contributed by atoms with Gasteiger partial charge in [0.25, 0.3) is 5.91 Å². The van der Waals surface area contributed by atoms with Crippen LogP contribution in [-0.4, -0.2) is 35.7 Å². The summed E-state index contributed by atoms with van der Waals surface area (Å²) in [6, 6.07) is 11.4. The van der Waals surface area contributed by atoms with Gasteiger partial charge in [0.1, 0.15) is 0 Å². The lowest BCUT2D eigenvalue weighted by Gasteiger charge is -2.27. The zero-order valence-electron chi connectivity index (χ0n) is 16.5. The van der Waals surface area contributed by atoms with Gasteiger partial charge >= 0.3 is 0 Å². The van der Waals surface area contributed by atoms with Crippen molar-refractivity contribution in [2.45, 2.75) is 25.8 Å². The summed E-state index contributed by atoms with van der Waals surface area (Å²) in [5, 5.41) is 4.92. The summed E-state index contributed by atoms with van der Waals surface area (Å²) in [6.07, 6.45) is 4.93. The Hall–Kier alpha value is -2.99. The van der Waals surface area contributed by atoms with E-state index in [1.54, 1.807) is 6.20 Å². The highest BCUT2D eigenvalue weighted by atomic mass is 35.5. The number of carbonyl (C=O) groups is 1. The quantitative estimate of drug-likeness (QED) is 0.649. The molecule has 0 aliphatic carbocycles. The van der Waals surface area contributed by atoms with E-state index in [-0.39, 0.29) is 12.7 Å². The van der Waals surface area contributed by atoms with E-state index in [2.05, 4.69) is 10.3 Å². The first-order valence-corrected chi connectivity index (χ1v) is 10.6. The maximum atomic E-state index is 13.3. The Kier molecular flexibility index (Phi) is 5.09. The number of pyridine rings is 1. The number of piperidine rings is 1. The van der Waals surface area contributed by atoms with Crippen molar-refractivity contribution < 1.29 is 14.3 Å². The lowest BCUT2D eigenvalue weighted by Crippen LogP contribution is -2.36. The Bertz CT molecular complexity index is 1110. The Morgan fingerprint density at radius 1 is 1.07 bits per heavy atom. The van der Waals surface area contributed by atoms with Crippen LogP contribution in [0.25, 0.3) is 10.9 Å². The number of fused-ring (bicyclic) bond motifs is 2. The number of ether oxygens (including phenoxy) is 2. The van der Waals surface area contributed by atoms with Gasteiger partial charge in [0.15, 0.2) is 11.5 Å². The van der Waals surface area contributed by atoms with E-state index in [1.165, 1.54) is 6.42 Å². The maximum Gasteiger partial charge on any atom is 0.257 e. The van der Waals surface area contributed by atoms with Gasteiger partial charge in [-0.3, -0.25) is 9.78 Å². The summed E-state index contributed by atoms with van der Waals surface area (Å²) in [4.78, 5) is 19.7. The predicted molar refractivity (Wildman–Crippen MR) is 116 cm³/mol. The van der Waals surface area contributed by atoms with Gasteiger partial charge in [-0.15, -0.1) is 0 Å². The van der Waals surface area contributed by atoms with E-state index in [1.807, 2.05) is 41.3 Å². The average Bonchev–Trinajstić information content (AvgIpc) is 3.25. The number of halogens is 1. The zero-order chi connectivity index (χ0) is 20.5. The van der Waals surface area contributed by atoms with Gasteiger partial charge in [0.2, 0.25) is 6.79 Å². The summed E-state index contributed by atoms with van der Waals surface area (Å²) in [5.41, 5.74) is 3.16. The van der Waals surface area contributed by atoms with Crippen molar-refractivity contribution in [3.63, 3.8) is 0 Å². The number of nitrogens with one attached hydrogen (secondary N) is 1. The highest BCUT2D eigenvalue weighted by Gasteiger charge is 2.23. The third kappa shape index (κ3) is 3.63. The fourth-order valence-corrected chi connectivity index (χ4v) is 4.20. The van der Waals surface area contributed by atoms with Crippen LogP contribution in [0.3, 0.4) is 0 Å². The van der Waals surface area contributed by atoms with E-state index in [9.17, 15) is 4.79 Å². The van der Waals surface area contributed by atoms with Crippen molar-refractivity contribution in [2.75, 3.05) is 25.2 Å². The monoisotopic (exact) mass is 423 g/mol. The molecule has 0 atom stereocenters. The smallest absolute Gasteiger partial charge is 0.257 e. The standard InChI is InChI=1S/C23H22ClN3O3/c24-16-5-6-19-17(11-16)22(18(13-25-19)23(28)27-8-2-1-3-9-27)26-12-15-4-7-20-21(10-15)30-14-29-20/h4-7,10-11,13H,1-3,8-9,12,14H2,(H,25,26). The lowest BCUT2D eigenvalue weighted by atomic mass is 10.1. The molecule has 0 bridgehead atoms. The molecule has 1 aromatic heterocycles. The fraction of sp³-hybridized carbons (Fsp3) is 0.304. The number of carbonyl (C=O) groups excluding carboxylic acids is 1. The lowest BCUT2D eigenvalue weighted by molar-refractivity contribution is 0.0725. The number of amides is 1. The van der Waals surface area contributed by atoms with Gasteiger partial charge in [-0.05, 0) is 55.2 Å². The van der Waals surface area contributed by atoms with Gasteiger partial charge in [0, 0.05) is 36.2 Å². The Labute approximate surface area is 179 Å². The van der Waals surface area contributed by atoms with Crippen LogP contribution in [-0.2, 0) is 6.54 Å². The molecule has 5 rings (SSSR count). The van der Waals surface area contributed by atoms with Crippen LogP contribution < -0.4 is 14.8 Å². The molecule has 154 valence electrons. The van der Waals surface area contributed by atoms with Crippen LogP contribution >= 0.6 is 11.6 Å². The minimum Gasteiger partial charge on any atom is -0.454 e. The van der Waals surface area contributed by atoms with Gasteiger partial charge in [0.05, 0.1) is 16.8 Å². The number of hydrogen-bond donors (Lipinski definition) is 1. The van der Waals surface area contributed by atoms with Crippen LogP contribution in [0.5, 0.6) is 11.5 Å². The van der Waals surface area contributed by atoms with Crippen molar-refractivity contribution in [2.24, 2.45) is 0 Å². The summed E-state index contributed by atoms with van der Waals surface area (Å²) >= 11 is 6.27. The molecule has 0 saturated carbocycles. The first-order valence-electron chi connectivity index (χ1n) is 10.2. The summed E-state index contributed by atoms with van der Waals surface area (Å²) in [7, 11) is 0. The number of benzene rings is 2. The highest BCUT2D eigenvalue weighted by Crippen LogP contribution is 2.34. The molecule has 1 fully saturated rings. The predicted octanol–water partition coefficient (Wildman–Crippen LogP) is 4.86. The van der Waals surface area contributed by atoms with E-state index in [4.69, 9.17) is 21.1 Å². The van der Waals surface area contributed by atoms with Crippen molar-refractivity contribution in [1.82, 2.24) is 9.88 Å². The number of hydrogen-bond acceptors (Lipinski definition) is 5. The van der Waals surface area contributed by atoms with E-state index < -0.39 is 0 Å². The molecule has 2 aromatic carbocycles. The molecule has 2 aliphatic heterocycles. The minimum absolute atomic E-state index is 0.0114. The molecular formula is C23H22ClN3O3. The molecule has 1 N–H and O–H groups in total. The second kappa shape index (κ2) is 8.03. The normalized spacial score (nSPS) is 15.4. The molecular weight excluding hydrogens is 402 g/mol. The van der Waals surface area contributed by atoms with Crippen molar-refractivity contribution in [3.05, 3.63) is 58.7 Å². The molecule has 0 unspecified atom stereocenters. The number of aromatic nitrogens is 1. The van der Waals surface area contributed by atoms with Gasteiger partial charge in [-0.2, -0.15) is 0 Å². The molecule has 0 radical (unpaired) electrons. The number of anilines is 1. The van der Waals surface area contributed by atoms with Crippen LogP contribution in [0.1, 0.15) is 35.2 Å². The van der Waals surface area contributed by atoms with Crippen LogP contribution in [0.4, 0.5) is 5.69 Å². The first-order chi connectivity index (χ1) is 14.7. The molecule has 3 aromatic rings. The SMILES string of the molecule is O=C(c1cnc2ccc(Cl)cc2c1NCc1ccc2c(c1)OCO2)N1CCCCC1. The molecule has 1 amide bonds. The van der Waals surface area contributed by atoms with Crippen LogP contribution in [0.15, 0.2) is 42.6 Å². The van der Waals surface area contributed by atoms with E-state index >= 15 is 0 Å². The van der Waals surface area contributed by atoms with Crippen molar-refractivity contribution in [1.29, 1.82) is 0 Å². The first kappa shape index (κ1) is 19.0. The van der Waals surface area contributed by atoms with Crippen LogP contribution in [0, 0.1) is 0 Å². The Morgan fingerprint density at radius 3 is 2.77 bits per heavy atom. The van der Waals surface area contributed by atoms with Gasteiger partial charge in [-0.1, -0.05) is 17.7 Å². The number of likely N-dealkylation sites (tertiary alicyclic amines) is 1. The van der Waals surface area contributed by atoms with E-state index in [0.29, 0.717) is 17.1 Å². The number of rotatable bonds is 4. The largest absolute Gasteiger partial charge is 0.454 e. The molecule has 30 heavy (non-hydrogen) atoms. The molecule has 0 spiro atoms. The summed E-state index contributed by atoms with van der Waals surface area (Å²) < 4.78 is 10.9. The van der Waals surface area contributed by atoms with Crippen LogP contribution in [0.2, 0.25) is 5.02 Å². The van der Waals surface area contributed by atoms with Crippen molar-refractivity contribution in [3.8, 4) is 11.5 Å². The van der Waals surface area contributed by atoms with Gasteiger partial charge < -0.3 is 19.7 Å². The van der Waals surface area contributed by atoms with E-state index in [0.717, 1.165) is 59.6 Å². The Morgan fingerprint density at radius 2 is 1.90 bits per heavy atom. The Balaban J connectivity index is 1.50. The molecule has 1 saturated heterocycles. The van der Waals surface area contributed by atoms with Crippen molar-refractivity contribution >= 4 is 34.1 Å². The number of nitrogens with zero attached hydrogens (tertiary/aromatic N) is 2.